The van der Waals surface area contributed by atoms with Crippen LogP contribution in [0.2, 0.25) is 5.02 Å². The second kappa shape index (κ2) is 8.34. The summed E-state index contributed by atoms with van der Waals surface area (Å²) < 4.78 is 4.52. The molecule has 2 rings (SSSR count). The molecule has 1 N–H and O–H groups in total. The van der Waals surface area contributed by atoms with Crippen LogP contribution in [0.4, 0.5) is 0 Å². The highest BCUT2D eigenvalue weighted by Gasteiger charge is 2.19. The molecule has 0 aliphatic rings. The molecule has 0 heterocycles. The van der Waals surface area contributed by atoms with E-state index in [-0.39, 0.29) is 24.8 Å². The molecule has 23 heavy (non-hydrogen) atoms. The van der Waals surface area contributed by atoms with E-state index in [0.717, 1.165) is 11.1 Å². The van der Waals surface area contributed by atoms with Crippen LogP contribution in [0.25, 0.3) is 0 Å². The molecule has 5 heteroatoms. The fourth-order valence-electron chi connectivity index (χ4n) is 2.34. The van der Waals surface area contributed by atoms with E-state index in [0.29, 0.717) is 5.02 Å². The first-order valence-electron chi connectivity index (χ1n) is 7.24. The predicted molar refractivity (Wildman–Crippen MR) is 89.4 cm³/mol. The molecule has 0 bridgehead atoms. The SMILES string of the molecule is COC(=O)CNC(=O)C[C@@H](c1ccccc1)c1cccc(Cl)c1. The van der Waals surface area contributed by atoms with E-state index in [1.807, 2.05) is 48.5 Å². The zero-order valence-electron chi connectivity index (χ0n) is 12.8. The van der Waals surface area contributed by atoms with Crippen LogP contribution in [-0.2, 0) is 14.3 Å². The van der Waals surface area contributed by atoms with E-state index in [2.05, 4.69) is 10.1 Å². The van der Waals surface area contributed by atoms with E-state index in [1.54, 1.807) is 6.07 Å². The van der Waals surface area contributed by atoms with Crippen molar-refractivity contribution in [3.05, 3.63) is 70.7 Å². The standard InChI is InChI=1S/C18H18ClNO3/c1-23-18(22)12-20-17(21)11-16(13-6-3-2-4-7-13)14-8-5-9-15(19)10-14/h2-10,16H,11-12H2,1H3,(H,20,21)/t16-/m0/s1. The van der Waals surface area contributed by atoms with Crippen LogP contribution < -0.4 is 5.32 Å². The van der Waals surface area contributed by atoms with Gasteiger partial charge in [0.2, 0.25) is 5.91 Å². The lowest BCUT2D eigenvalue weighted by Crippen LogP contribution is -2.31. The highest BCUT2D eigenvalue weighted by atomic mass is 35.5. The third-order valence-corrected chi connectivity index (χ3v) is 3.74. The lowest BCUT2D eigenvalue weighted by atomic mass is 9.88. The molecule has 0 aromatic heterocycles. The molecule has 4 nitrogen and oxygen atoms in total. The number of methoxy groups -OCH3 is 1. The summed E-state index contributed by atoms with van der Waals surface area (Å²) in [5, 5.41) is 3.20. The Bertz CT molecular complexity index is 673. The fraction of sp³-hybridized carbons (Fsp3) is 0.222. The van der Waals surface area contributed by atoms with Gasteiger partial charge in [0.15, 0.2) is 0 Å². The smallest absolute Gasteiger partial charge is 0.325 e. The Morgan fingerprint density at radius 2 is 1.78 bits per heavy atom. The van der Waals surface area contributed by atoms with Gasteiger partial charge in [-0.25, -0.2) is 0 Å². The molecule has 1 atom stereocenters. The summed E-state index contributed by atoms with van der Waals surface area (Å²) in [6.45, 7) is -0.133. The van der Waals surface area contributed by atoms with E-state index < -0.39 is 5.97 Å². The number of halogens is 1. The van der Waals surface area contributed by atoms with Crippen molar-refractivity contribution in [1.29, 1.82) is 0 Å². The summed E-state index contributed by atoms with van der Waals surface area (Å²) in [4.78, 5) is 23.3. The number of rotatable bonds is 6. The normalized spacial score (nSPS) is 11.6. The van der Waals surface area contributed by atoms with E-state index in [4.69, 9.17) is 11.6 Å². The van der Waals surface area contributed by atoms with Crippen LogP contribution in [0.1, 0.15) is 23.5 Å². The Labute approximate surface area is 140 Å². The van der Waals surface area contributed by atoms with Crippen molar-refractivity contribution in [3.63, 3.8) is 0 Å². The van der Waals surface area contributed by atoms with Crippen LogP contribution in [-0.4, -0.2) is 25.5 Å². The van der Waals surface area contributed by atoms with Crippen molar-refractivity contribution in [2.24, 2.45) is 0 Å². The third kappa shape index (κ3) is 5.11. The molecule has 120 valence electrons. The van der Waals surface area contributed by atoms with Gasteiger partial charge in [-0.05, 0) is 23.3 Å². The third-order valence-electron chi connectivity index (χ3n) is 3.50. The lowest BCUT2D eigenvalue weighted by molar-refractivity contribution is -0.141. The molecule has 0 aliphatic heterocycles. The van der Waals surface area contributed by atoms with Crippen LogP contribution in [0.5, 0.6) is 0 Å². The van der Waals surface area contributed by atoms with Gasteiger partial charge in [-0.3, -0.25) is 9.59 Å². The van der Waals surface area contributed by atoms with Crippen molar-refractivity contribution in [3.8, 4) is 0 Å². The largest absolute Gasteiger partial charge is 0.468 e. The van der Waals surface area contributed by atoms with Crippen LogP contribution in [0.3, 0.4) is 0 Å². The van der Waals surface area contributed by atoms with Crippen molar-refractivity contribution in [2.45, 2.75) is 12.3 Å². The maximum Gasteiger partial charge on any atom is 0.325 e. The van der Waals surface area contributed by atoms with Gasteiger partial charge in [0.1, 0.15) is 6.54 Å². The minimum atomic E-state index is -0.475. The molecule has 0 radical (unpaired) electrons. The Morgan fingerprint density at radius 3 is 2.43 bits per heavy atom. The molecule has 0 spiro atoms. The molecular weight excluding hydrogens is 314 g/mol. The van der Waals surface area contributed by atoms with E-state index in [1.165, 1.54) is 7.11 Å². The molecule has 0 unspecified atom stereocenters. The zero-order valence-corrected chi connectivity index (χ0v) is 13.5. The van der Waals surface area contributed by atoms with Gasteiger partial charge in [0, 0.05) is 17.4 Å². The number of carbonyl (C=O) groups is 2. The number of ether oxygens (including phenoxy) is 1. The number of nitrogens with one attached hydrogen (secondary N) is 1. The Morgan fingerprint density at radius 1 is 1.09 bits per heavy atom. The van der Waals surface area contributed by atoms with E-state index in [9.17, 15) is 9.59 Å². The second-order valence-electron chi connectivity index (χ2n) is 5.08. The summed E-state index contributed by atoms with van der Waals surface area (Å²) in [6, 6.07) is 17.2. The Kier molecular flexibility index (Phi) is 6.18. The number of carbonyl (C=O) groups excluding carboxylic acids is 2. The first kappa shape index (κ1) is 17.0. The van der Waals surface area contributed by atoms with Gasteiger partial charge in [0.25, 0.3) is 0 Å². The van der Waals surface area contributed by atoms with Crippen molar-refractivity contribution < 1.29 is 14.3 Å². The van der Waals surface area contributed by atoms with E-state index >= 15 is 0 Å². The van der Waals surface area contributed by atoms with Gasteiger partial charge in [0.05, 0.1) is 7.11 Å². The molecule has 0 aliphatic carbocycles. The fourth-order valence-corrected chi connectivity index (χ4v) is 2.54. The number of hydrogen-bond donors (Lipinski definition) is 1. The van der Waals surface area contributed by atoms with Crippen LogP contribution in [0, 0.1) is 0 Å². The summed E-state index contributed by atoms with van der Waals surface area (Å²) in [5.41, 5.74) is 1.97. The maximum absolute atomic E-state index is 12.2. The number of benzene rings is 2. The molecule has 1 amide bonds. The van der Waals surface area contributed by atoms with Gasteiger partial charge in [-0.1, -0.05) is 54.1 Å². The molecular formula is C18H18ClNO3. The molecule has 0 saturated carbocycles. The van der Waals surface area contributed by atoms with Gasteiger partial charge < -0.3 is 10.1 Å². The molecule has 2 aromatic carbocycles. The maximum atomic E-state index is 12.2. The Balaban J connectivity index is 2.18. The number of amides is 1. The van der Waals surface area contributed by atoms with Gasteiger partial charge >= 0.3 is 5.97 Å². The van der Waals surface area contributed by atoms with Crippen molar-refractivity contribution >= 4 is 23.5 Å². The van der Waals surface area contributed by atoms with Crippen LogP contribution >= 0.6 is 11.6 Å². The monoisotopic (exact) mass is 331 g/mol. The lowest BCUT2D eigenvalue weighted by Gasteiger charge is -2.18. The average Bonchev–Trinajstić information content (AvgIpc) is 2.58. The number of esters is 1. The first-order chi connectivity index (χ1) is 11.1. The van der Waals surface area contributed by atoms with Crippen LogP contribution in [0.15, 0.2) is 54.6 Å². The topological polar surface area (TPSA) is 55.4 Å². The first-order valence-corrected chi connectivity index (χ1v) is 7.62. The minimum absolute atomic E-state index is 0.132. The highest BCUT2D eigenvalue weighted by Crippen LogP contribution is 2.29. The minimum Gasteiger partial charge on any atom is -0.468 e. The summed E-state index contributed by atoms with van der Waals surface area (Å²) in [6.07, 6.45) is 0.224. The molecule has 0 fully saturated rings. The predicted octanol–water partition coefficient (Wildman–Crippen LogP) is 3.15. The average molecular weight is 332 g/mol. The summed E-state index contributed by atoms with van der Waals surface area (Å²) in [5.74, 6) is -0.825. The molecule has 2 aromatic rings. The molecule has 0 saturated heterocycles. The second-order valence-corrected chi connectivity index (χ2v) is 5.51. The quantitative estimate of drug-likeness (QED) is 0.827. The summed E-state index contributed by atoms with van der Waals surface area (Å²) in [7, 11) is 1.28. The van der Waals surface area contributed by atoms with Crippen molar-refractivity contribution in [2.75, 3.05) is 13.7 Å². The van der Waals surface area contributed by atoms with Crippen molar-refractivity contribution in [1.82, 2.24) is 5.32 Å². The zero-order chi connectivity index (χ0) is 16.7. The van der Waals surface area contributed by atoms with Gasteiger partial charge in [-0.15, -0.1) is 0 Å². The highest BCUT2D eigenvalue weighted by molar-refractivity contribution is 6.30. The Hall–Kier alpha value is -2.33. The number of hydrogen-bond acceptors (Lipinski definition) is 3. The van der Waals surface area contributed by atoms with Gasteiger partial charge in [-0.2, -0.15) is 0 Å². The summed E-state index contributed by atoms with van der Waals surface area (Å²) >= 11 is 6.07.